The van der Waals surface area contributed by atoms with Crippen LogP contribution in [0.5, 0.6) is 0 Å². The number of nitrogens with one attached hydrogen (secondary N) is 1. The Bertz CT molecular complexity index is 511. The number of urea groups is 1. The summed E-state index contributed by atoms with van der Waals surface area (Å²) in [6.45, 7) is 10.0. The summed E-state index contributed by atoms with van der Waals surface area (Å²) in [7, 11) is 0. The lowest BCUT2D eigenvalue weighted by molar-refractivity contribution is -0.137. The Kier molecular flexibility index (Phi) is 6.20. The van der Waals surface area contributed by atoms with Gasteiger partial charge in [-0.05, 0) is 38.3 Å². The first kappa shape index (κ1) is 17.5. The smallest absolute Gasteiger partial charge is 0.323 e. The summed E-state index contributed by atoms with van der Waals surface area (Å²) in [5.41, 5.74) is 1.09. The van der Waals surface area contributed by atoms with Gasteiger partial charge in [0.25, 0.3) is 0 Å². The average Bonchev–Trinajstić information content (AvgIpc) is 2.66. The van der Waals surface area contributed by atoms with Gasteiger partial charge in [0.1, 0.15) is 6.54 Å². The second kappa shape index (κ2) is 7.45. The third-order valence-electron chi connectivity index (χ3n) is 3.08. The average molecular weight is 312 g/mol. The summed E-state index contributed by atoms with van der Waals surface area (Å²) in [4.78, 5) is 26.9. The molecule has 0 saturated heterocycles. The van der Waals surface area contributed by atoms with Crippen LogP contribution in [0, 0.1) is 19.8 Å². The van der Waals surface area contributed by atoms with E-state index in [0.29, 0.717) is 6.54 Å². The minimum Gasteiger partial charge on any atom is -0.480 e. The topological polar surface area (TPSA) is 69.6 Å². The van der Waals surface area contributed by atoms with Gasteiger partial charge >= 0.3 is 12.0 Å². The van der Waals surface area contributed by atoms with Gasteiger partial charge in [-0.3, -0.25) is 4.79 Å². The van der Waals surface area contributed by atoms with Crippen molar-refractivity contribution < 1.29 is 14.7 Å². The van der Waals surface area contributed by atoms with Crippen molar-refractivity contribution in [1.82, 2.24) is 10.2 Å². The summed E-state index contributed by atoms with van der Waals surface area (Å²) in [5, 5.41) is 11.8. The molecule has 0 saturated carbocycles. The Balaban J connectivity index is 2.75. The molecule has 0 aromatic carbocycles. The van der Waals surface area contributed by atoms with Crippen LogP contribution in [0.4, 0.5) is 4.79 Å². The van der Waals surface area contributed by atoms with E-state index in [0.717, 1.165) is 5.56 Å². The first-order valence-electron chi connectivity index (χ1n) is 7.04. The lowest BCUT2D eigenvalue weighted by Gasteiger charge is -2.25. The summed E-state index contributed by atoms with van der Waals surface area (Å²) in [6.07, 6.45) is 0. The lowest BCUT2D eigenvalue weighted by atomic mass is 10.1. The third-order valence-corrected chi connectivity index (χ3v) is 4.07. The molecule has 1 rings (SSSR count). The van der Waals surface area contributed by atoms with Crippen molar-refractivity contribution in [2.45, 2.75) is 40.7 Å². The Morgan fingerprint density at radius 2 is 1.95 bits per heavy atom. The Labute approximate surface area is 130 Å². The van der Waals surface area contributed by atoms with Gasteiger partial charge in [-0.25, -0.2) is 4.79 Å². The highest BCUT2D eigenvalue weighted by Crippen LogP contribution is 2.26. The minimum absolute atomic E-state index is 0.133. The number of carbonyl (C=O) groups is 2. The Morgan fingerprint density at radius 1 is 1.33 bits per heavy atom. The number of carboxylic acid groups (broad SMARTS) is 1. The van der Waals surface area contributed by atoms with Crippen molar-refractivity contribution in [1.29, 1.82) is 0 Å². The fraction of sp³-hybridized carbons (Fsp3) is 0.600. The van der Waals surface area contributed by atoms with Crippen LogP contribution >= 0.6 is 11.3 Å². The lowest BCUT2D eigenvalue weighted by Crippen LogP contribution is -2.45. The molecule has 1 aromatic rings. The van der Waals surface area contributed by atoms with E-state index in [2.05, 4.69) is 11.4 Å². The van der Waals surface area contributed by atoms with E-state index in [-0.39, 0.29) is 24.5 Å². The van der Waals surface area contributed by atoms with Gasteiger partial charge in [0.2, 0.25) is 0 Å². The van der Waals surface area contributed by atoms with Gasteiger partial charge in [0.15, 0.2) is 0 Å². The molecule has 21 heavy (non-hydrogen) atoms. The number of hydrogen-bond donors (Lipinski definition) is 2. The van der Waals surface area contributed by atoms with Gasteiger partial charge in [0, 0.05) is 16.3 Å². The van der Waals surface area contributed by atoms with Crippen molar-refractivity contribution in [3.05, 3.63) is 21.4 Å². The maximum atomic E-state index is 12.3. The molecule has 2 amide bonds. The highest BCUT2D eigenvalue weighted by molar-refractivity contribution is 7.12. The number of rotatable bonds is 6. The number of hydrogen-bond acceptors (Lipinski definition) is 3. The van der Waals surface area contributed by atoms with Crippen molar-refractivity contribution in [3.8, 4) is 0 Å². The molecule has 5 nitrogen and oxygen atoms in total. The zero-order chi connectivity index (χ0) is 16.2. The van der Waals surface area contributed by atoms with Crippen molar-refractivity contribution >= 4 is 23.3 Å². The van der Waals surface area contributed by atoms with Gasteiger partial charge in [-0.1, -0.05) is 13.8 Å². The highest BCUT2D eigenvalue weighted by atomic mass is 32.1. The van der Waals surface area contributed by atoms with Crippen LogP contribution in [0.3, 0.4) is 0 Å². The molecule has 118 valence electrons. The van der Waals surface area contributed by atoms with E-state index < -0.39 is 5.97 Å². The second-order valence-corrected chi connectivity index (χ2v) is 7.17. The summed E-state index contributed by atoms with van der Waals surface area (Å²) in [6, 6.07) is 1.60. The third kappa shape index (κ3) is 5.38. The molecular weight excluding hydrogens is 288 g/mol. The number of amides is 2. The normalized spacial score (nSPS) is 12.3. The van der Waals surface area contributed by atoms with E-state index in [1.165, 1.54) is 14.7 Å². The summed E-state index contributed by atoms with van der Waals surface area (Å²) < 4.78 is 0. The highest BCUT2D eigenvalue weighted by Gasteiger charge is 2.21. The predicted octanol–water partition coefficient (Wildman–Crippen LogP) is 3.18. The quantitative estimate of drug-likeness (QED) is 0.847. The van der Waals surface area contributed by atoms with Crippen LogP contribution < -0.4 is 5.32 Å². The molecular formula is C15H24N2O3S. The van der Waals surface area contributed by atoms with Crippen molar-refractivity contribution in [2.75, 3.05) is 13.1 Å². The molecule has 6 heteroatoms. The minimum atomic E-state index is -0.999. The number of aryl methyl sites for hydroxylation is 2. The molecule has 1 heterocycles. The molecule has 0 bridgehead atoms. The Hall–Kier alpha value is -1.56. The van der Waals surface area contributed by atoms with Crippen LogP contribution in [0.1, 0.15) is 42.1 Å². The number of nitrogens with zero attached hydrogens (tertiary/aromatic N) is 1. The number of thiophene rings is 1. The van der Waals surface area contributed by atoms with E-state index in [1.807, 2.05) is 34.6 Å². The molecule has 0 radical (unpaired) electrons. The fourth-order valence-electron chi connectivity index (χ4n) is 2.26. The molecule has 0 spiro atoms. The largest absolute Gasteiger partial charge is 0.480 e. The van der Waals surface area contributed by atoms with Gasteiger partial charge < -0.3 is 15.3 Å². The van der Waals surface area contributed by atoms with E-state index in [9.17, 15) is 9.59 Å². The van der Waals surface area contributed by atoms with Gasteiger partial charge in [-0.2, -0.15) is 0 Å². The molecule has 0 aliphatic heterocycles. The van der Waals surface area contributed by atoms with E-state index in [1.54, 1.807) is 11.3 Å². The molecule has 1 atom stereocenters. The van der Waals surface area contributed by atoms with Crippen LogP contribution in [0.2, 0.25) is 0 Å². The van der Waals surface area contributed by atoms with Gasteiger partial charge in [0.05, 0.1) is 6.04 Å². The predicted molar refractivity (Wildman–Crippen MR) is 84.8 cm³/mol. The van der Waals surface area contributed by atoms with E-state index in [4.69, 9.17) is 5.11 Å². The SMILES string of the molecule is Cc1cc(C(C)NC(=O)N(CC(=O)O)CC(C)C)c(C)s1. The van der Waals surface area contributed by atoms with Crippen molar-refractivity contribution in [2.24, 2.45) is 5.92 Å². The van der Waals surface area contributed by atoms with E-state index >= 15 is 0 Å². The number of carboxylic acids is 1. The van der Waals surface area contributed by atoms with Gasteiger partial charge in [-0.15, -0.1) is 11.3 Å². The summed E-state index contributed by atoms with van der Waals surface area (Å²) in [5.74, 6) is -0.781. The maximum absolute atomic E-state index is 12.3. The first-order chi connectivity index (χ1) is 9.70. The summed E-state index contributed by atoms with van der Waals surface area (Å²) >= 11 is 1.70. The Morgan fingerprint density at radius 3 is 2.38 bits per heavy atom. The first-order valence-corrected chi connectivity index (χ1v) is 7.86. The molecule has 0 aliphatic carbocycles. The van der Waals surface area contributed by atoms with Crippen LogP contribution in [0.15, 0.2) is 6.07 Å². The standard InChI is InChI=1S/C15H24N2O3S/c1-9(2)7-17(8-14(18)19)15(20)16-11(4)13-6-10(3)21-12(13)5/h6,9,11H,7-8H2,1-5H3,(H,16,20)(H,18,19). The molecule has 1 unspecified atom stereocenters. The van der Waals surface area contributed by atoms with Crippen LogP contribution in [-0.4, -0.2) is 35.1 Å². The number of carbonyl (C=O) groups excluding carboxylic acids is 1. The fourth-order valence-corrected chi connectivity index (χ4v) is 3.28. The molecule has 1 aromatic heterocycles. The zero-order valence-corrected chi connectivity index (χ0v) is 14.1. The molecule has 0 aliphatic rings. The molecule has 0 fully saturated rings. The van der Waals surface area contributed by atoms with Crippen LogP contribution in [0.25, 0.3) is 0 Å². The van der Waals surface area contributed by atoms with Crippen molar-refractivity contribution in [3.63, 3.8) is 0 Å². The monoisotopic (exact) mass is 312 g/mol. The van der Waals surface area contributed by atoms with Crippen LogP contribution in [-0.2, 0) is 4.79 Å². The second-order valence-electron chi connectivity index (χ2n) is 5.71. The molecule has 2 N–H and O–H groups in total. The maximum Gasteiger partial charge on any atom is 0.323 e. The number of aliphatic carboxylic acids is 1. The zero-order valence-electron chi connectivity index (χ0n) is 13.3.